The quantitative estimate of drug-likeness (QED) is 0.455. The first-order valence-corrected chi connectivity index (χ1v) is 12.8. The molecule has 1 saturated carbocycles. The Labute approximate surface area is 213 Å². The van der Waals surface area contributed by atoms with Gasteiger partial charge in [-0.05, 0) is 96.0 Å². The van der Waals surface area contributed by atoms with Crippen molar-refractivity contribution in [1.29, 1.82) is 0 Å². The number of hydrogen-bond donors (Lipinski definition) is 4. The summed E-state index contributed by atoms with van der Waals surface area (Å²) in [6, 6.07) is 10.5. The van der Waals surface area contributed by atoms with Gasteiger partial charge in [0.05, 0.1) is 17.7 Å². The summed E-state index contributed by atoms with van der Waals surface area (Å²) >= 11 is 0. The Balaban J connectivity index is 1.57. The Morgan fingerprint density at radius 1 is 1.00 bits per heavy atom. The van der Waals surface area contributed by atoms with Crippen molar-refractivity contribution in [1.82, 2.24) is 10.3 Å². The van der Waals surface area contributed by atoms with Crippen molar-refractivity contribution in [2.75, 3.05) is 35.2 Å². The van der Waals surface area contributed by atoms with Gasteiger partial charge < -0.3 is 26.0 Å². The molecule has 2 heterocycles. The number of carbonyl (C=O) groups excluding carboxylic acids is 2. The number of nitrogens with one attached hydrogen (secondary N) is 3. The zero-order chi connectivity index (χ0) is 26.1. The van der Waals surface area contributed by atoms with E-state index in [1.807, 2.05) is 34.6 Å². The zero-order valence-electron chi connectivity index (χ0n) is 22.1. The molecular weight excluding hydrogens is 454 g/mol. The molecule has 2 aliphatic rings. The van der Waals surface area contributed by atoms with E-state index >= 15 is 0 Å². The lowest BCUT2D eigenvalue weighted by atomic mass is 9.93. The maximum absolute atomic E-state index is 13.4. The average molecular weight is 494 g/mol. The van der Waals surface area contributed by atoms with Gasteiger partial charge in [0, 0.05) is 29.9 Å². The summed E-state index contributed by atoms with van der Waals surface area (Å²) in [7, 11) is 0. The number of pyridine rings is 1. The molecule has 1 saturated heterocycles. The first-order valence-electron chi connectivity index (χ1n) is 12.8. The Morgan fingerprint density at radius 2 is 1.69 bits per heavy atom. The van der Waals surface area contributed by atoms with Crippen molar-refractivity contribution >= 4 is 29.1 Å². The Kier molecular flexibility index (Phi) is 7.01. The molecule has 0 atom stereocenters. The number of aliphatic hydroxyl groups is 1. The second kappa shape index (κ2) is 9.73. The van der Waals surface area contributed by atoms with Crippen LogP contribution in [0.2, 0.25) is 0 Å². The number of hydrogen-bond acceptors (Lipinski definition) is 6. The van der Waals surface area contributed by atoms with E-state index in [9.17, 15) is 14.7 Å². The minimum Gasteiger partial charge on any atom is -0.394 e. The lowest BCUT2D eigenvalue weighted by Gasteiger charge is -2.34. The summed E-state index contributed by atoms with van der Waals surface area (Å²) < 4.78 is 0. The van der Waals surface area contributed by atoms with E-state index in [-0.39, 0.29) is 24.0 Å². The molecule has 2 fully saturated rings. The molecule has 4 rings (SSSR count). The molecule has 1 aliphatic heterocycles. The van der Waals surface area contributed by atoms with Gasteiger partial charge in [0.25, 0.3) is 11.8 Å². The lowest BCUT2D eigenvalue weighted by molar-refractivity contribution is 0.0918. The highest BCUT2D eigenvalue weighted by molar-refractivity contribution is 6.08. The van der Waals surface area contributed by atoms with Gasteiger partial charge in [-0.2, -0.15) is 0 Å². The van der Waals surface area contributed by atoms with Crippen LogP contribution >= 0.6 is 0 Å². The van der Waals surface area contributed by atoms with E-state index in [2.05, 4.69) is 20.9 Å². The fourth-order valence-electron chi connectivity index (χ4n) is 4.54. The SMILES string of the molecule is CC(C)(C)NC(=O)c1cccc(NC(=O)c2ccc(NC(C)(C)CO)nc2N2CCC3(CC2)CC3)c1. The molecular formula is C28H39N5O3. The molecule has 0 radical (unpaired) electrons. The van der Waals surface area contributed by atoms with Crippen molar-refractivity contribution in [3.8, 4) is 0 Å². The molecule has 36 heavy (non-hydrogen) atoms. The van der Waals surface area contributed by atoms with Crippen LogP contribution in [-0.2, 0) is 0 Å². The van der Waals surface area contributed by atoms with Crippen LogP contribution in [0.15, 0.2) is 36.4 Å². The van der Waals surface area contributed by atoms with Crippen molar-refractivity contribution in [2.45, 2.75) is 71.4 Å². The zero-order valence-corrected chi connectivity index (χ0v) is 22.1. The molecule has 0 unspecified atom stereocenters. The molecule has 194 valence electrons. The van der Waals surface area contributed by atoms with Crippen molar-refractivity contribution in [2.24, 2.45) is 5.41 Å². The molecule has 8 heteroatoms. The van der Waals surface area contributed by atoms with E-state index in [0.29, 0.717) is 33.9 Å². The van der Waals surface area contributed by atoms with E-state index in [1.54, 1.807) is 36.4 Å². The number of piperidine rings is 1. The summed E-state index contributed by atoms with van der Waals surface area (Å²) in [5.41, 5.74) is 1.12. The molecule has 1 spiro atoms. The van der Waals surface area contributed by atoms with Crippen LogP contribution in [0.1, 0.15) is 81.0 Å². The second-order valence-corrected chi connectivity index (χ2v) is 12.0. The van der Waals surface area contributed by atoms with Crippen LogP contribution in [0, 0.1) is 5.41 Å². The number of anilines is 3. The highest BCUT2D eigenvalue weighted by Gasteiger charge is 2.45. The van der Waals surface area contributed by atoms with Crippen LogP contribution in [0.5, 0.6) is 0 Å². The molecule has 2 aromatic rings. The summed E-state index contributed by atoms with van der Waals surface area (Å²) in [6.07, 6.45) is 4.82. The fourth-order valence-corrected chi connectivity index (χ4v) is 4.54. The predicted molar refractivity (Wildman–Crippen MR) is 144 cm³/mol. The Morgan fingerprint density at radius 3 is 2.31 bits per heavy atom. The number of aliphatic hydroxyl groups excluding tert-OH is 1. The van der Waals surface area contributed by atoms with Gasteiger partial charge in [-0.1, -0.05) is 6.07 Å². The first-order chi connectivity index (χ1) is 16.9. The van der Waals surface area contributed by atoms with Gasteiger partial charge in [0.2, 0.25) is 0 Å². The maximum atomic E-state index is 13.4. The van der Waals surface area contributed by atoms with Crippen molar-refractivity contribution in [3.05, 3.63) is 47.5 Å². The molecule has 8 nitrogen and oxygen atoms in total. The molecule has 4 N–H and O–H groups in total. The minimum absolute atomic E-state index is 0.0440. The van der Waals surface area contributed by atoms with Crippen LogP contribution in [-0.4, -0.2) is 52.7 Å². The molecule has 1 aromatic carbocycles. The standard InChI is InChI=1S/C28H39N5O3/c1-26(2,3)32-24(35)19-7-6-8-20(17-19)29-25(36)21-9-10-22(31-27(4,5)18-34)30-23(21)33-15-13-28(11-12-28)14-16-33/h6-10,17,34H,11-16,18H2,1-5H3,(H,29,36)(H,30,31)(H,32,35). The van der Waals surface area contributed by atoms with E-state index < -0.39 is 5.54 Å². The van der Waals surface area contributed by atoms with Crippen molar-refractivity contribution in [3.63, 3.8) is 0 Å². The van der Waals surface area contributed by atoms with Crippen LogP contribution in [0.3, 0.4) is 0 Å². The third kappa shape index (κ3) is 6.35. The van der Waals surface area contributed by atoms with Crippen LogP contribution < -0.4 is 20.9 Å². The fraction of sp³-hybridized carbons (Fsp3) is 0.536. The number of rotatable bonds is 7. The third-order valence-corrected chi connectivity index (χ3v) is 6.93. The van der Waals surface area contributed by atoms with Gasteiger partial charge in [0.15, 0.2) is 0 Å². The lowest BCUT2D eigenvalue weighted by Crippen LogP contribution is -2.40. The van der Waals surface area contributed by atoms with Crippen LogP contribution in [0.4, 0.5) is 17.3 Å². The van der Waals surface area contributed by atoms with Crippen molar-refractivity contribution < 1.29 is 14.7 Å². The van der Waals surface area contributed by atoms with Gasteiger partial charge in [-0.25, -0.2) is 4.98 Å². The second-order valence-electron chi connectivity index (χ2n) is 12.0. The average Bonchev–Trinajstić information content (AvgIpc) is 3.57. The third-order valence-electron chi connectivity index (χ3n) is 6.93. The van der Waals surface area contributed by atoms with Gasteiger partial charge in [0.1, 0.15) is 11.6 Å². The van der Waals surface area contributed by atoms with Crippen LogP contribution in [0.25, 0.3) is 0 Å². The number of benzene rings is 1. The van der Waals surface area contributed by atoms with E-state index in [1.165, 1.54) is 12.8 Å². The molecule has 1 aromatic heterocycles. The number of carbonyl (C=O) groups is 2. The summed E-state index contributed by atoms with van der Waals surface area (Å²) in [6.45, 7) is 11.3. The highest BCUT2D eigenvalue weighted by Crippen LogP contribution is 2.54. The Bertz CT molecular complexity index is 1120. The van der Waals surface area contributed by atoms with Gasteiger partial charge in [-0.15, -0.1) is 0 Å². The maximum Gasteiger partial charge on any atom is 0.259 e. The summed E-state index contributed by atoms with van der Waals surface area (Å²) in [4.78, 5) is 33.1. The Hall–Kier alpha value is -3.13. The smallest absolute Gasteiger partial charge is 0.259 e. The van der Waals surface area contributed by atoms with E-state index in [0.717, 1.165) is 25.9 Å². The summed E-state index contributed by atoms with van der Waals surface area (Å²) in [5.74, 6) is 0.798. The minimum atomic E-state index is -0.540. The molecule has 2 amide bonds. The predicted octanol–water partition coefficient (Wildman–Crippen LogP) is 4.43. The summed E-state index contributed by atoms with van der Waals surface area (Å²) in [5, 5.41) is 18.8. The monoisotopic (exact) mass is 493 g/mol. The molecule has 1 aliphatic carbocycles. The molecule has 0 bridgehead atoms. The van der Waals surface area contributed by atoms with Gasteiger partial charge >= 0.3 is 0 Å². The topological polar surface area (TPSA) is 107 Å². The largest absolute Gasteiger partial charge is 0.394 e. The number of nitrogens with zero attached hydrogens (tertiary/aromatic N) is 2. The normalized spacial score (nSPS) is 17.0. The highest BCUT2D eigenvalue weighted by atomic mass is 16.3. The number of amides is 2. The van der Waals surface area contributed by atoms with E-state index in [4.69, 9.17) is 4.98 Å². The first kappa shape index (κ1) is 25.9. The van der Waals surface area contributed by atoms with Gasteiger partial charge in [-0.3, -0.25) is 9.59 Å². The number of aromatic nitrogens is 1.